The molecule has 0 saturated carbocycles. The molecular formula is C11H15F3N4O. The van der Waals surface area contributed by atoms with Crippen LogP contribution in [-0.2, 0) is 10.9 Å². The van der Waals surface area contributed by atoms with Crippen molar-refractivity contribution >= 4 is 11.6 Å². The normalized spacial score (nSPS) is 20.6. The monoisotopic (exact) mass is 276 g/mol. The van der Waals surface area contributed by atoms with Gasteiger partial charge in [0, 0.05) is 19.2 Å². The largest absolute Gasteiger partial charge is 0.451 e. The van der Waals surface area contributed by atoms with Crippen LogP contribution in [0.4, 0.5) is 24.8 Å². The summed E-state index contributed by atoms with van der Waals surface area (Å²) in [6.45, 7) is 3.42. The standard InChI is InChI=1S/C11H15F3N4O/c1-2-7-6-18(3-4-19-7)9-5-8(15)16-10(17-9)11(12,13)14/h5,7H,2-4,6H2,1H3,(H2,15,16,17). The van der Waals surface area contributed by atoms with Crippen molar-refractivity contribution in [1.29, 1.82) is 0 Å². The number of hydrogen-bond acceptors (Lipinski definition) is 5. The average molecular weight is 276 g/mol. The van der Waals surface area contributed by atoms with Crippen LogP contribution in [0.2, 0.25) is 0 Å². The van der Waals surface area contributed by atoms with Gasteiger partial charge >= 0.3 is 6.18 Å². The van der Waals surface area contributed by atoms with Gasteiger partial charge in [0.05, 0.1) is 12.7 Å². The Morgan fingerprint density at radius 1 is 1.47 bits per heavy atom. The van der Waals surface area contributed by atoms with E-state index in [2.05, 4.69) is 9.97 Å². The van der Waals surface area contributed by atoms with Gasteiger partial charge in [0.2, 0.25) is 5.82 Å². The maximum absolute atomic E-state index is 12.6. The summed E-state index contributed by atoms with van der Waals surface area (Å²) in [5, 5.41) is 0. The second-order valence-corrected chi connectivity index (χ2v) is 4.32. The average Bonchev–Trinajstić information content (AvgIpc) is 2.37. The van der Waals surface area contributed by atoms with Crippen molar-refractivity contribution in [2.24, 2.45) is 0 Å². The summed E-state index contributed by atoms with van der Waals surface area (Å²) < 4.78 is 43.4. The molecule has 19 heavy (non-hydrogen) atoms. The number of nitrogen functional groups attached to an aromatic ring is 1. The number of anilines is 2. The molecule has 1 saturated heterocycles. The molecule has 5 nitrogen and oxygen atoms in total. The lowest BCUT2D eigenvalue weighted by atomic mass is 10.2. The molecule has 106 valence electrons. The molecule has 2 rings (SSSR count). The summed E-state index contributed by atoms with van der Waals surface area (Å²) in [5.41, 5.74) is 5.42. The van der Waals surface area contributed by atoms with E-state index in [9.17, 15) is 13.2 Å². The fourth-order valence-corrected chi connectivity index (χ4v) is 1.92. The number of rotatable bonds is 2. The molecule has 1 aromatic rings. The van der Waals surface area contributed by atoms with Gasteiger partial charge in [-0.2, -0.15) is 13.2 Å². The quantitative estimate of drug-likeness (QED) is 0.890. The van der Waals surface area contributed by atoms with Crippen LogP contribution in [0.25, 0.3) is 0 Å². The number of morpholine rings is 1. The molecule has 2 N–H and O–H groups in total. The summed E-state index contributed by atoms with van der Waals surface area (Å²) in [5.74, 6) is -1.19. The Morgan fingerprint density at radius 3 is 2.84 bits per heavy atom. The number of alkyl halides is 3. The first kappa shape index (κ1) is 13.9. The first-order chi connectivity index (χ1) is 8.90. The Hall–Kier alpha value is -1.57. The van der Waals surface area contributed by atoms with Crippen LogP contribution in [0, 0.1) is 0 Å². The predicted octanol–water partition coefficient (Wildman–Crippen LogP) is 1.69. The zero-order valence-corrected chi connectivity index (χ0v) is 10.4. The third-order valence-corrected chi connectivity index (χ3v) is 2.90. The molecule has 1 atom stereocenters. The molecule has 8 heteroatoms. The van der Waals surface area contributed by atoms with Crippen LogP contribution >= 0.6 is 0 Å². The van der Waals surface area contributed by atoms with Crippen LogP contribution in [0.5, 0.6) is 0 Å². The van der Waals surface area contributed by atoms with E-state index in [0.29, 0.717) is 19.7 Å². The van der Waals surface area contributed by atoms with Crippen LogP contribution in [0.15, 0.2) is 6.07 Å². The molecule has 0 aliphatic carbocycles. The molecule has 0 radical (unpaired) electrons. The van der Waals surface area contributed by atoms with Gasteiger partial charge < -0.3 is 15.4 Å². The number of ether oxygens (including phenoxy) is 1. The highest BCUT2D eigenvalue weighted by atomic mass is 19.4. The van der Waals surface area contributed by atoms with Crippen LogP contribution < -0.4 is 10.6 Å². The molecule has 1 aliphatic heterocycles. The zero-order valence-electron chi connectivity index (χ0n) is 10.4. The van der Waals surface area contributed by atoms with Crippen LogP contribution in [0.3, 0.4) is 0 Å². The van der Waals surface area contributed by atoms with E-state index in [1.807, 2.05) is 6.92 Å². The van der Waals surface area contributed by atoms with Gasteiger partial charge in [0.25, 0.3) is 0 Å². The molecular weight excluding hydrogens is 261 g/mol. The number of halogens is 3. The van der Waals surface area contributed by atoms with E-state index in [-0.39, 0.29) is 17.7 Å². The molecule has 1 unspecified atom stereocenters. The minimum atomic E-state index is -4.60. The molecule has 0 amide bonds. The number of hydrogen-bond donors (Lipinski definition) is 1. The van der Waals surface area contributed by atoms with Gasteiger partial charge in [0.1, 0.15) is 11.6 Å². The van der Waals surface area contributed by atoms with Crippen molar-refractivity contribution < 1.29 is 17.9 Å². The highest BCUT2D eigenvalue weighted by molar-refractivity contribution is 5.47. The van der Waals surface area contributed by atoms with E-state index in [0.717, 1.165) is 6.42 Å². The Kier molecular flexibility index (Phi) is 3.79. The summed E-state index contributed by atoms with van der Waals surface area (Å²) >= 11 is 0. The highest BCUT2D eigenvalue weighted by Crippen LogP contribution is 2.29. The summed E-state index contributed by atoms with van der Waals surface area (Å²) in [6.07, 6.45) is -3.80. The van der Waals surface area contributed by atoms with Crippen LogP contribution in [-0.4, -0.2) is 35.8 Å². The van der Waals surface area contributed by atoms with E-state index in [1.165, 1.54) is 6.07 Å². The van der Waals surface area contributed by atoms with Crippen molar-refractivity contribution in [3.05, 3.63) is 11.9 Å². The Labute approximate surface area is 108 Å². The first-order valence-electron chi connectivity index (χ1n) is 5.98. The van der Waals surface area contributed by atoms with E-state index in [1.54, 1.807) is 4.90 Å². The Balaban J connectivity index is 2.26. The number of nitrogens with zero attached hydrogens (tertiary/aromatic N) is 3. The van der Waals surface area contributed by atoms with Crippen LogP contribution in [0.1, 0.15) is 19.2 Å². The van der Waals surface area contributed by atoms with Crippen molar-refractivity contribution in [2.75, 3.05) is 30.3 Å². The maximum Gasteiger partial charge on any atom is 0.451 e. The Morgan fingerprint density at radius 2 is 2.21 bits per heavy atom. The van der Waals surface area contributed by atoms with Gasteiger partial charge in [-0.05, 0) is 6.42 Å². The third kappa shape index (κ3) is 3.25. The second-order valence-electron chi connectivity index (χ2n) is 4.32. The van der Waals surface area contributed by atoms with Gasteiger partial charge in [-0.25, -0.2) is 9.97 Å². The Bertz CT molecular complexity index is 452. The molecule has 1 fully saturated rings. The lowest BCUT2D eigenvalue weighted by molar-refractivity contribution is -0.144. The molecule has 0 aromatic carbocycles. The SMILES string of the molecule is CCC1CN(c2cc(N)nc(C(F)(F)F)n2)CCO1. The minimum Gasteiger partial charge on any atom is -0.384 e. The first-order valence-corrected chi connectivity index (χ1v) is 5.98. The van der Waals surface area contributed by atoms with Gasteiger partial charge in [-0.1, -0.05) is 6.92 Å². The number of aromatic nitrogens is 2. The molecule has 0 spiro atoms. The third-order valence-electron chi connectivity index (χ3n) is 2.90. The summed E-state index contributed by atoms with van der Waals surface area (Å²) in [4.78, 5) is 8.52. The van der Waals surface area contributed by atoms with Crippen molar-refractivity contribution in [1.82, 2.24) is 9.97 Å². The lowest BCUT2D eigenvalue weighted by Gasteiger charge is -2.33. The van der Waals surface area contributed by atoms with Gasteiger partial charge in [-0.3, -0.25) is 0 Å². The topological polar surface area (TPSA) is 64.3 Å². The molecule has 1 aliphatic rings. The minimum absolute atomic E-state index is 0.000670. The van der Waals surface area contributed by atoms with Gasteiger partial charge in [0.15, 0.2) is 0 Å². The van der Waals surface area contributed by atoms with E-state index < -0.39 is 12.0 Å². The predicted molar refractivity (Wildman–Crippen MR) is 63.7 cm³/mol. The maximum atomic E-state index is 12.6. The molecule has 0 bridgehead atoms. The van der Waals surface area contributed by atoms with Crippen molar-refractivity contribution in [2.45, 2.75) is 25.6 Å². The fourth-order valence-electron chi connectivity index (χ4n) is 1.92. The molecule has 2 heterocycles. The van der Waals surface area contributed by atoms with Gasteiger partial charge in [-0.15, -0.1) is 0 Å². The second kappa shape index (κ2) is 5.20. The summed E-state index contributed by atoms with van der Waals surface area (Å²) in [7, 11) is 0. The fraction of sp³-hybridized carbons (Fsp3) is 0.636. The zero-order chi connectivity index (χ0) is 14.0. The van der Waals surface area contributed by atoms with E-state index in [4.69, 9.17) is 10.5 Å². The summed E-state index contributed by atoms with van der Waals surface area (Å²) in [6, 6.07) is 1.35. The van der Waals surface area contributed by atoms with Crippen molar-refractivity contribution in [3.63, 3.8) is 0 Å². The highest BCUT2D eigenvalue weighted by Gasteiger charge is 2.36. The van der Waals surface area contributed by atoms with Crippen molar-refractivity contribution in [3.8, 4) is 0 Å². The van der Waals surface area contributed by atoms with E-state index >= 15 is 0 Å². The molecule has 1 aromatic heterocycles. The lowest BCUT2D eigenvalue weighted by Crippen LogP contribution is -2.42. The number of nitrogens with two attached hydrogens (primary N) is 1. The smallest absolute Gasteiger partial charge is 0.384 e.